The minimum atomic E-state index is -0.589. The summed E-state index contributed by atoms with van der Waals surface area (Å²) in [6.45, 7) is 2.89. The number of unbranched alkanes of at least 4 members (excludes halogenated alkanes) is 2. The molecule has 1 aliphatic carbocycles. The van der Waals surface area contributed by atoms with Gasteiger partial charge in [-0.2, -0.15) is 12.6 Å². The number of amides is 4. The summed E-state index contributed by atoms with van der Waals surface area (Å²) < 4.78 is 0. The van der Waals surface area contributed by atoms with Crippen LogP contribution in [0.25, 0.3) is 0 Å². The van der Waals surface area contributed by atoms with Crippen LogP contribution in [0.4, 0.5) is 0 Å². The SMILES string of the molecule is CCN1CC(=O)N2CCC[C@H]2C(=O)N[C@@H](CCCCCS)C(=O)NC2CCC(CC2)CC1=O. The van der Waals surface area contributed by atoms with E-state index >= 15 is 0 Å². The van der Waals surface area contributed by atoms with E-state index in [0.29, 0.717) is 38.3 Å². The van der Waals surface area contributed by atoms with E-state index < -0.39 is 12.1 Å². The van der Waals surface area contributed by atoms with Crippen LogP contribution in [0.1, 0.15) is 77.6 Å². The highest BCUT2D eigenvalue weighted by Crippen LogP contribution is 2.28. The van der Waals surface area contributed by atoms with Gasteiger partial charge in [0, 0.05) is 25.6 Å². The molecule has 4 amide bonds. The number of hydrogen-bond acceptors (Lipinski definition) is 5. The van der Waals surface area contributed by atoms with Gasteiger partial charge in [-0.15, -0.1) is 0 Å². The van der Waals surface area contributed by atoms with Crippen LogP contribution in [-0.2, 0) is 19.2 Å². The lowest BCUT2D eigenvalue weighted by Crippen LogP contribution is -2.55. The fourth-order valence-corrected chi connectivity index (χ4v) is 5.55. The molecule has 33 heavy (non-hydrogen) atoms. The van der Waals surface area contributed by atoms with Gasteiger partial charge < -0.3 is 20.4 Å². The van der Waals surface area contributed by atoms with Crippen LogP contribution < -0.4 is 10.6 Å². The first-order valence-electron chi connectivity index (χ1n) is 12.7. The molecule has 0 radical (unpaired) electrons. The van der Waals surface area contributed by atoms with E-state index in [1.54, 1.807) is 9.80 Å². The average Bonchev–Trinajstić information content (AvgIpc) is 3.30. The zero-order valence-electron chi connectivity index (χ0n) is 19.9. The molecule has 9 heteroatoms. The van der Waals surface area contributed by atoms with Gasteiger partial charge in [0.15, 0.2) is 0 Å². The number of hydrogen-bond donors (Lipinski definition) is 3. The van der Waals surface area contributed by atoms with Gasteiger partial charge in [0.25, 0.3) is 0 Å². The van der Waals surface area contributed by atoms with Crippen molar-refractivity contribution >= 4 is 36.3 Å². The Morgan fingerprint density at radius 3 is 2.36 bits per heavy atom. The maximum Gasteiger partial charge on any atom is 0.243 e. The van der Waals surface area contributed by atoms with Crippen LogP contribution in [0.3, 0.4) is 0 Å². The molecule has 3 aliphatic heterocycles. The number of thiol groups is 1. The molecule has 0 spiro atoms. The predicted octanol–water partition coefficient (Wildman–Crippen LogP) is 1.88. The number of fused-ring (bicyclic) bond motifs is 10. The third kappa shape index (κ3) is 7.11. The Morgan fingerprint density at radius 2 is 1.67 bits per heavy atom. The Hall–Kier alpha value is -1.77. The number of likely N-dealkylation sites (N-methyl/N-ethyl adjacent to an activating group) is 1. The largest absolute Gasteiger partial charge is 0.352 e. The van der Waals surface area contributed by atoms with Crippen LogP contribution in [0, 0.1) is 5.92 Å². The van der Waals surface area contributed by atoms with Crippen molar-refractivity contribution in [2.45, 2.75) is 95.7 Å². The summed E-state index contributed by atoms with van der Waals surface area (Å²) in [4.78, 5) is 55.4. The quantitative estimate of drug-likeness (QED) is 0.399. The van der Waals surface area contributed by atoms with Gasteiger partial charge in [-0.3, -0.25) is 19.2 Å². The molecule has 3 saturated heterocycles. The Bertz CT molecular complexity index is 711. The van der Waals surface area contributed by atoms with E-state index in [4.69, 9.17) is 0 Å². The third-order valence-electron chi connectivity index (χ3n) is 7.38. The summed E-state index contributed by atoms with van der Waals surface area (Å²) >= 11 is 4.25. The standard InChI is InChI=1S/C24H40N4O4S/c1-2-27-16-22(30)28-13-6-8-20(28)24(32)26-19(7-4-3-5-14-33)23(31)25-18-11-9-17(10-12-18)15-21(27)29/h17-20,33H,2-16H2,1H3,(H,25,31)(H,26,32)/t17?,18?,19-,20-/m0/s1. The predicted molar refractivity (Wildman–Crippen MR) is 130 cm³/mol. The van der Waals surface area contributed by atoms with Crippen molar-refractivity contribution in [3.05, 3.63) is 0 Å². The maximum absolute atomic E-state index is 13.2. The fraction of sp³-hybridized carbons (Fsp3) is 0.833. The number of rotatable bonds is 6. The van der Waals surface area contributed by atoms with Crippen LogP contribution in [0.5, 0.6) is 0 Å². The monoisotopic (exact) mass is 480 g/mol. The molecular weight excluding hydrogens is 440 g/mol. The molecule has 4 rings (SSSR count). The second kappa shape index (κ2) is 12.6. The van der Waals surface area contributed by atoms with Crippen LogP contribution in [0.15, 0.2) is 0 Å². The number of carbonyl (C=O) groups excluding carboxylic acids is 4. The van der Waals surface area contributed by atoms with Crippen molar-refractivity contribution in [1.82, 2.24) is 20.4 Å². The van der Waals surface area contributed by atoms with Crippen LogP contribution in [0.2, 0.25) is 0 Å². The van der Waals surface area contributed by atoms with Gasteiger partial charge >= 0.3 is 0 Å². The average molecular weight is 481 g/mol. The Labute approximate surface area is 203 Å². The second-order valence-electron chi connectivity index (χ2n) is 9.72. The van der Waals surface area contributed by atoms with Gasteiger partial charge in [-0.25, -0.2) is 0 Å². The van der Waals surface area contributed by atoms with Gasteiger partial charge in [0.2, 0.25) is 23.6 Å². The Kier molecular flexibility index (Phi) is 9.89. The number of nitrogens with one attached hydrogen (secondary N) is 2. The number of nitrogens with zero attached hydrogens (tertiary/aromatic N) is 2. The lowest BCUT2D eigenvalue weighted by atomic mass is 9.83. The van der Waals surface area contributed by atoms with Crippen molar-refractivity contribution < 1.29 is 19.2 Å². The van der Waals surface area contributed by atoms with Gasteiger partial charge in [-0.05, 0) is 70.0 Å². The topological polar surface area (TPSA) is 98.8 Å². The number of carbonyl (C=O) groups is 4. The first-order valence-corrected chi connectivity index (χ1v) is 13.3. The van der Waals surface area contributed by atoms with E-state index in [-0.39, 0.29) is 36.2 Å². The van der Waals surface area contributed by atoms with Crippen molar-refractivity contribution in [2.75, 3.05) is 25.4 Å². The summed E-state index contributed by atoms with van der Waals surface area (Å²) in [7, 11) is 0. The molecule has 0 aromatic rings. The zero-order valence-corrected chi connectivity index (χ0v) is 20.8. The molecule has 3 heterocycles. The summed E-state index contributed by atoms with van der Waals surface area (Å²) in [6, 6.07) is -1.09. The first kappa shape index (κ1) is 25.8. The lowest BCUT2D eigenvalue weighted by Gasteiger charge is -2.33. The highest BCUT2D eigenvalue weighted by atomic mass is 32.1. The molecule has 0 unspecified atom stereocenters. The fourth-order valence-electron chi connectivity index (χ4n) is 5.33. The molecule has 2 N–H and O–H groups in total. The van der Waals surface area contributed by atoms with E-state index in [2.05, 4.69) is 23.3 Å². The Balaban J connectivity index is 1.78. The molecule has 186 valence electrons. The zero-order chi connectivity index (χ0) is 23.8. The highest BCUT2D eigenvalue weighted by Gasteiger charge is 2.37. The Morgan fingerprint density at radius 1 is 0.909 bits per heavy atom. The molecule has 0 aromatic heterocycles. The highest BCUT2D eigenvalue weighted by molar-refractivity contribution is 7.80. The molecule has 4 aliphatic rings. The summed E-state index contributed by atoms with van der Waals surface area (Å²) in [5.74, 6) is 0.525. The molecular formula is C24H40N4O4S. The summed E-state index contributed by atoms with van der Waals surface area (Å²) in [5.41, 5.74) is 0. The molecule has 2 atom stereocenters. The molecule has 8 nitrogen and oxygen atoms in total. The van der Waals surface area contributed by atoms with E-state index in [9.17, 15) is 19.2 Å². The van der Waals surface area contributed by atoms with E-state index in [1.165, 1.54) is 0 Å². The smallest absolute Gasteiger partial charge is 0.243 e. The van der Waals surface area contributed by atoms with E-state index in [0.717, 1.165) is 57.1 Å². The normalized spacial score (nSPS) is 29.8. The second-order valence-corrected chi connectivity index (χ2v) is 10.2. The van der Waals surface area contributed by atoms with E-state index in [1.807, 2.05) is 6.92 Å². The van der Waals surface area contributed by atoms with Crippen molar-refractivity contribution in [3.63, 3.8) is 0 Å². The molecule has 1 saturated carbocycles. The molecule has 4 fully saturated rings. The summed E-state index contributed by atoms with van der Waals surface area (Å²) in [6.07, 6.45) is 8.58. The third-order valence-corrected chi connectivity index (χ3v) is 7.69. The van der Waals surface area contributed by atoms with Crippen molar-refractivity contribution in [1.29, 1.82) is 0 Å². The van der Waals surface area contributed by atoms with Crippen LogP contribution in [-0.4, -0.2) is 76.9 Å². The minimum absolute atomic E-state index is 0.00639. The van der Waals surface area contributed by atoms with Crippen molar-refractivity contribution in [3.8, 4) is 0 Å². The summed E-state index contributed by atoms with van der Waals surface area (Å²) in [5, 5.41) is 6.12. The molecule has 0 aromatic carbocycles. The van der Waals surface area contributed by atoms with Gasteiger partial charge in [0.05, 0.1) is 6.54 Å². The van der Waals surface area contributed by atoms with Crippen LogP contribution >= 0.6 is 12.6 Å². The minimum Gasteiger partial charge on any atom is -0.352 e. The van der Waals surface area contributed by atoms with Crippen molar-refractivity contribution in [2.24, 2.45) is 5.92 Å². The maximum atomic E-state index is 13.2. The lowest BCUT2D eigenvalue weighted by molar-refractivity contribution is -0.144. The molecule has 2 bridgehead atoms. The van der Waals surface area contributed by atoms with Gasteiger partial charge in [0.1, 0.15) is 12.1 Å². The van der Waals surface area contributed by atoms with Gasteiger partial charge in [-0.1, -0.05) is 12.8 Å². The first-order chi connectivity index (χ1) is 15.9.